The maximum absolute atomic E-state index is 11.2. The topological polar surface area (TPSA) is 58.6 Å². The molecule has 0 bridgehead atoms. The first-order chi connectivity index (χ1) is 15.4. The first-order valence-corrected chi connectivity index (χ1v) is 11.5. The van der Waals surface area contributed by atoms with E-state index in [-0.39, 0.29) is 22.6 Å². The Bertz CT molecular complexity index is 1190. The molecular weight excluding hydrogens is 434 g/mol. The standard InChI is InChI=1S/C28H30ClNO3/c1-27(2,3)21-11-9-17(10-12-21)18-7-6-8-19(13-18)25-28(4,5)16-20-14-22(29)15-23(24(20)30-25)33-26(31)32/h6-15,25,30H,16H2,1-5H3,(H,31,32). The van der Waals surface area contributed by atoms with Crippen LogP contribution in [0.5, 0.6) is 5.75 Å². The van der Waals surface area contributed by atoms with Crippen LogP contribution in [0.25, 0.3) is 11.1 Å². The molecule has 33 heavy (non-hydrogen) atoms. The van der Waals surface area contributed by atoms with Crippen molar-refractivity contribution in [2.45, 2.75) is 52.5 Å². The highest BCUT2D eigenvalue weighted by atomic mass is 35.5. The Morgan fingerprint density at radius 1 is 1.06 bits per heavy atom. The van der Waals surface area contributed by atoms with Crippen molar-refractivity contribution >= 4 is 23.4 Å². The Hall–Kier alpha value is -2.98. The van der Waals surface area contributed by atoms with Crippen molar-refractivity contribution < 1.29 is 14.6 Å². The molecule has 0 aliphatic carbocycles. The second-order valence-corrected chi connectivity index (χ2v) is 10.9. The minimum absolute atomic E-state index is 0.0314. The van der Waals surface area contributed by atoms with Crippen molar-refractivity contribution in [2.24, 2.45) is 5.41 Å². The molecule has 4 rings (SSSR count). The molecule has 1 unspecified atom stereocenters. The summed E-state index contributed by atoms with van der Waals surface area (Å²) in [5, 5.41) is 13.2. The average Bonchev–Trinajstić information content (AvgIpc) is 2.71. The van der Waals surface area contributed by atoms with E-state index in [0.717, 1.165) is 23.1 Å². The number of carboxylic acid groups (broad SMARTS) is 1. The number of hydrogen-bond donors (Lipinski definition) is 2. The summed E-state index contributed by atoms with van der Waals surface area (Å²) in [5.41, 5.74) is 6.38. The molecule has 5 heteroatoms. The van der Waals surface area contributed by atoms with Gasteiger partial charge in [-0.1, -0.05) is 88.7 Å². The second kappa shape index (κ2) is 8.42. The van der Waals surface area contributed by atoms with E-state index >= 15 is 0 Å². The zero-order valence-corrected chi connectivity index (χ0v) is 20.5. The van der Waals surface area contributed by atoms with Gasteiger partial charge in [0, 0.05) is 11.1 Å². The summed E-state index contributed by atoms with van der Waals surface area (Å²) in [6.07, 6.45) is -0.621. The molecule has 1 atom stereocenters. The van der Waals surface area contributed by atoms with Gasteiger partial charge in [0.2, 0.25) is 0 Å². The van der Waals surface area contributed by atoms with Crippen LogP contribution in [-0.4, -0.2) is 11.3 Å². The quantitative estimate of drug-likeness (QED) is 0.304. The van der Waals surface area contributed by atoms with Gasteiger partial charge in [-0.3, -0.25) is 0 Å². The molecule has 1 aliphatic rings. The van der Waals surface area contributed by atoms with E-state index in [9.17, 15) is 9.90 Å². The first-order valence-electron chi connectivity index (χ1n) is 11.1. The van der Waals surface area contributed by atoms with Crippen LogP contribution in [0.1, 0.15) is 57.4 Å². The summed E-state index contributed by atoms with van der Waals surface area (Å²) in [5.74, 6) is 0.236. The van der Waals surface area contributed by atoms with Gasteiger partial charge in [-0.2, -0.15) is 0 Å². The van der Waals surface area contributed by atoms with Crippen LogP contribution >= 0.6 is 11.6 Å². The summed E-state index contributed by atoms with van der Waals surface area (Å²) in [7, 11) is 0. The number of benzene rings is 3. The van der Waals surface area contributed by atoms with Gasteiger partial charge in [0.25, 0.3) is 0 Å². The molecule has 4 nitrogen and oxygen atoms in total. The van der Waals surface area contributed by atoms with E-state index in [1.165, 1.54) is 11.1 Å². The summed E-state index contributed by atoms with van der Waals surface area (Å²) >= 11 is 6.24. The molecule has 2 N–H and O–H groups in total. The number of fused-ring (bicyclic) bond motifs is 1. The first kappa shape index (κ1) is 23.2. The van der Waals surface area contributed by atoms with Crippen molar-refractivity contribution in [2.75, 3.05) is 5.32 Å². The van der Waals surface area contributed by atoms with E-state index in [1.54, 1.807) is 6.07 Å². The van der Waals surface area contributed by atoms with Gasteiger partial charge >= 0.3 is 6.16 Å². The van der Waals surface area contributed by atoms with Crippen LogP contribution in [0.3, 0.4) is 0 Å². The minimum Gasteiger partial charge on any atom is -0.449 e. The second-order valence-electron chi connectivity index (χ2n) is 10.5. The molecule has 1 aliphatic heterocycles. The number of halogens is 1. The third-order valence-corrected chi connectivity index (χ3v) is 6.58. The van der Waals surface area contributed by atoms with Crippen molar-refractivity contribution in [3.63, 3.8) is 0 Å². The lowest BCUT2D eigenvalue weighted by Gasteiger charge is -2.42. The highest BCUT2D eigenvalue weighted by molar-refractivity contribution is 6.31. The van der Waals surface area contributed by atoms with Crippen molar-refractivity contribution in [3.8, 4) is 16.9 Å². The van der Waals surface area contributed by atoms with E-state index in [0.29, 0.717) is 10.7 Å². The Kier molecular flexibility index (Phi) is 5.92. The number of nitrogens with one attached hydrogen (secondary N) is 1. The van der Waals surface area contributed by atoms with Gasteiger partial charge in [0.05, 0.1) is 11.7 Å². The van der Waals surface area contributed by atoms with E-state index < -0.39 is 6.16 Å². The smallest absolute Gasteiger partial charge is 0.449 e. The van der Waals surface area contributed by atoms with Crippen molar-refractivity contribution in [1.29, 1.82) is 0 Å². The van der Waals surface area contributed by atoms with Gasteiger partial charge in [-0.05, 0) is 57.2 Å². The normalized spacial score (nSPS) is 17.1. The highest BCUT2D eigenvalue weighted by Crippen LogP contribution is 2.49. The number of carbonyl (C=O) groups is 1. The lowest BCUT2D eigenvalue weighted by atomic mass is 9.72. The molecular formula is C28H30ClNO3. The van der Waals surface area contributed by atoms with Crippen LogP contribution in [-0.2, 0) is 11.8 Å². The van der Waals surface area contributed by atoms with Crippen LogP contribution in [0.2, 0.25) is 5.02 Å². The molecule has 0 aromatic heterocycles. The summed E-state index contributed by atoms with van der Waals surface area (Å²) in [6, 6.07) is 20.7. The third kappa shape index (κ3) is 4.86. The Morgan fingerprint density at radius 3 is 2.39 bits per heavy atom. The fourth-order valence-electron chi connectivity index (χ4n) is 4.64. The molecule has 0 fully saturated rings. The monoisotopic (exact) mass is 463 g/mol. The molecule has 0 spiro atoms. The van der Waals surface area contributed by atoms with E-state index in [1.807, 2.05) is 6.07 Å². The molecule has 172 valence electrons. The van der Waals surface area contributed by atoms with Crippen LogP contribution in [0.4, 0.5) is 10.5 Å². The van der Waals surface area contributed by atoms with E-state index in [4.69, 9.17) is 16.3 Å². The number of hydrogen-bond acceptors (Lipinski definition) is 3. The van der Waals surface area contributed by atoms with Crippen molar-refractivity contribution in [1.82, 2.24) is 0 Å². The van der Waals surface area contributed by atoms with Gasteiger partial charge in [0.15, 0.2) is 5.75 Å². The highest BCUT2D eigenvalue weighted by Gasteiger charge is 2.37. The molecule has 3 aromatic carbocycles. The number of rotatable bonds is 3. The number of ether oxygens (including phenoxy) is 1. The molecule has 0 amide bonds. The molecule has 0 saturated heterocycles. The molecule has 0 radical (unpaired) electrons. The Labute approximate surface area is 200 Å². The molecule has 0 saturated carbocycles. The fraction of sp³-hybridized carbons (Fsp3) is 0.321. The van der Waals surface area contributed by atoms with Crippen LogP contribution in [0.15, 0.2) is 60.7 Å². The van der Waals surface area contributed by atoms with Gasteiger partial charge < -0.3 is 15.2 Å². The maximum Gasteiger partial charge on any atom is 0.511 e. The predicted octanol–water partition coefficient (Wildman–Crippen LogP) is 8.10. The maximum atomic E-state index is 11.2. The van der Waals surface area contributed by atoms with Crippen LogP contribution in [0, 0.1) is 5.41 Å². The summed E-state index contributed by atoms with van der Waals surface area (Å²) in [6.45, 7) is 11.1. The predicted molar refractivity (Wildman–Crippen MR) is 135 cm³/mol. The minimum atomic E-state index is -1.36. The zero-order valence-electron chi connectivity index (χ0n) is 19.7. The van der Waals surface area contributed by atoms with Gasteiger partial charge in [0.1, 0.15) is 0 Å². The Morgan fingerprint density at radius 2 is 1.76 bits per heavy atom. The lowest BCUT2D eigenvalue weighted by Crippen LogP contribution is -2.35. The summed E-state index contributed by atoms with van der Waals surface area (Å²) in [4.78, 5) is 11.2. The molecule has 3 aromatic rings. The van der Waals surface area contributed by atoms with Crippen LogP contribution < -0.4 is 10.1 Å². The van der Waals surface area contributed by atoms with Crippen molar-refractivity contribution in [3.05, 3.63) is 82.4 Å². The lowest BCUT2D eigenvalue weighted by molar-refractivity contribution is 0.144. The SMILES string of the molecule is CC(C)(C)c1ccc(-c2cccc(C3Nc4c(cc(Cl)cc4OC(=O)O)CC3(C)C)c2)cc1. The third-order valence-electron chi connectivity index (χ3n) is 6.37. The largest absolute Gasteiger partial charge is 0.511 e. The van der Waals surface area contributed by atoms with Gasteiger partial charge in [-0.15, -0.1) is 0 Å². The van der Waals surface area contributed by atoms with Gasteiger partial charge in [-0.25, -0.2) is 4.79 Å². The Balaban J connectivity index is 1.71. The zero-order chi connectivity index (χ0) is 24.0. The number of anilines is 1. The van der Waals surface area contributed by atoms with E-state index in [2.05, 4.69) is 88.5 Å². The average molecular weight is 464 g/mol. The molecule has 1 heterocycles. The fourth-order valence-corrected chi connectivity index (χ4v) is 4.87. The summed E-state index contributed by atoms with van der Waals surface area (Å²) < 4.78 is 5.05.